The summed E-state index contributed by atoms with van der Waals surface area (Å²) in [7, 11) is 0. The summed E-state index contributed by atoms with van der Waals surface area (Å²) in [6.07, 6.45) is 1.56. The van der Waals surface area contributed by atoms with Gasteiger partial charge in [0.05, 0.1) is 12.4 Å². The van der Waals surface area contributed by atoms with Gasteiger partial charge in [-0.1, -0.05) is 0 Å². The molecule has 52 valence electrons. The third-order valence-electron chi connectivity index (χ3n) is 1.56. The van der Waals surface area contributed by atoms with Crippen LogP contribution in [-0.4, -0.2) is 16.6 Å². The summed E-state index contributed by atoms with van der Waals surface area (Å²) in [4.78, 5) is 8.07. The van der Waals surface area contributed by atoms with Gasteiger partial charge in [-0.25, -0.2) is 9.97 Å². The standard InChI is InChI=1S/C6H8N4/c1-4-5-6(9-2-7-4)10-3-8-5/h2,8H,3H2,1H3,(H,7,9,10). The smallest absolute Gasteiger partial charge is 0.154 e. The van der Waals surface area contributed by atoms with Crippen LogP contribution >= 0.6 is 0 Å². The van der Waals surface area contributed by atoms with Gasteiger partial charge < -0.3 is 10.6 Å². The Balaban J connectivity index is 2.59. The molecule has 0 atom stereocenters. The molecule has 4 heteroatoms. The van der Waals surface area contributed by atoms with E-state index in [2.05, 4.69) is 20.6 Å². The van der Waals surface area contributed by atoms with E-state index < -0.39 is 0 Å². The van der Waals surface area contributed by atoms with Crippen molar-refractivity contribution < 1.29 is 0 Å². The first-order chi connectivity index (χ1) is 4.88. The molecule has 1 aromatic rings. The van der Waals surface area contributed by atoms with Gasteiger partial charge in [0, 0.05) is 0 Å². The summed E-state index contributed by atoms with van der Waals surface area (Å²) in [5.41, 5.74) is 2.03. The molecule has 0 aromatic carbocycles. The Bertz CT molecular complexity index is 258. The molecule has 2 N–H and O–H groups in total. The number of nitrogens with zero attached hydrogens (tertiary/aromatic N) is 2. The highest BCUT2D eigenvalue weighted by molar-refractivity contribution is 5.70. The molecule has 0 amide bonds. The third-order valence-corrected chi connectivity index (χ3v) is 1.56. The number of anilines is 2. The zero-order valence-corrected chi connectivity index (χ0v) is 5.68. The molecule has 0 unspecified atom stereocenters. The van der Waals surface area contributed by atoms with E-state index in [0.717, 1.165) is 23.9 Å². The van der Waals surface area contributed by atoms with Crippen LogP contribution in [0, 0.1) is 6.92 Å². The first-order valence-corrected chi connectivity index (χ1v) is 3.17. The minimum absolute atomic E-state index is 0.759. The highest BCUT2D eigenvalue weighted by atomic mass is 15.2. The van der Waals surface area contributed by atoms with Crippen LogP contribution in [0.2, 0.25) is 0 Å². The molecule has 1 aliphatic heterocycles. The average molecular weight is 136 g/mol. The number of fused-ring (bicyclic) bond motifs is 1. The molecule has 2 rings (SSSR count). The van der Waals surface area contributed by atoms with Gasteiger partial charge in [-0.05, 0) is 6.92 Å². The van der Waals surface area contributed by atoms with Gasteiger partial charge in [-0.15, -0.1) is 0 Å². The van der Waals surface area contributed by atoms with Crippen LogP contribution in [0.25, 0.3) is 0 Å². The van der Waals surface area contributed by atoms with Crippen LogP contribution in [0.5, 0.6) is 0 Å². The number of aryl methyl sites for hydroxylation is 1. The van der Waals surface area contributed by atoms with E-state index in [1.54, 1.807) is 6.33 Å². The molecule has 10 heavy (non-hydrogen) atoms. The summed E-state index contributed by atoms with van der Waals surface area (Å²) in [5, 5.41) is 6.21. The van der Waals surface area contributed by atoms with Crippen molar-refractivity contribution in [2.45, 2.75) is 6.92 Å². The van der Waals surface area contributed by atoms with Gasteiger partial charge in [0.25, 0.3) is 0 Å². The first kappa shape index (κ1) is 5.46. The van der Waals surface area contributed by atoms with Crippen molar-refractivity contribution in [1.29, 1.82) is 0 Å². The lowest BCUT2D eigenvalue weighted by Gasteiger charge is -1.98. The molecule has 0 spiro atoms. The van der Waals surface area contributed by atoms with E-state index in [-0.39, 0.29) is 0 Å². The highest BCUT2D eigenvalue weighted by Crippen LogP contribution is 2.24. The van der Waals surface area contributed by atoms with E-state index in [1.807, 2.05) is 6.92 Å². The normalized spacial score (nSPS) is 13.7. The molecule has 0 bridgehead atoms. The molecule has 0 aliphatic carbocycles. The van der Waals surface area contributed by atoms with Crippen molar-refractivity contribution >= 4 is 11.5 Å². The molecular weight excluding hydrogens is 128 g/mol. The van der Waals surface area contributed by atoms with Crippen LogP contribution in [0.3, 0.4) is 0 Å². The van der Waals surface area contributed by atoms with Gasteiger partial charge in [-0.3, -0.25) is 0 Å². The maximum Gasteiger partial charge on any atom is 0.154 e. The monoisotopic (exact) mass is 136 g/mol. The molecule has 0 fully saturated rings. The molecule has 2 heterocycles. The van der Waals surface area contributed by atoms with Crippen LogP contribution in [0.4, 0.5) is 11.5 Å². The van der Waals surface area contributed by atoms with E-state index in [4.69, 9.17) is 0 Å². The van der Waals surface area contributed by atoms with E-state index in [1.165, 1.54) is 0 Å². The second-order valence-corrected chi connectivity index (χ2v) is 2.21. The summed E-state index contributed by atoms with van der Waals surface area (Å²) >= 11 is 0. The molecule has 4 nitrogen and oxygen atoms in total. The Hall–Kier alpha value is -1.32. The number of nitrogens with one attached hydrogen (secondary N) is 2. The quantitative estimate of drug-likeness (QED) is 0.547. The van der Waals surface area contributed by atoms with Crippen molar-refractivity contribution in [3.05, 3.63) is 12.0 Å². The van der Waals surface area contributed by atoms with Crippen molar-refractivity contribution in [3.8, 4) is 0 Å². The van der Waals surface area contributed by atoms with Crippen molar-refractivity contribution in [3.63, 3.8) is 0 Å². The average Bonchev–Trinajstić information content (AvgIpc) is 2.36. The fourth-order valence-electron chi connectivity index (χ4n) is 1.04. The lowest BCUT2D eigenvalue weighted by molar-refractivity contribution is 1.12. The van der Waals surface area contributed by atoms with E-state index >= 15 is 0 Å². The van der Waals surface area contributed by atoms with E-state index in [0.29, 0.717) is 0 Å². The molecule has 1 aromatic heterocycles. The summed E-state index contributed by atoms with van der Waals surface area (Å²) in [6, 6.07) is 0. The van der Waals surface area contributed by atoms with E-state index in [9.17, 15) is 0 Å². The third kappa shape index (κ3) is 0.618. The van der Waals surface area contributed by atoms with Crippen molar-refractivity contribution in [2.24, 2.45) is 0 Å². The predicted molar refractivity (Wildman–Crippen MR) is 38.9 cm³/mol. The van der Waals surface area contributed by atoms with Gasteiger partial charge in [0.15, 0.2) is 5.82 Å². The SMILES string of the molecule is Cc1ncnc2c1NCN2. The summed E-state index contributed by atoms with van der Waals surface area (Å²) in [6.45, 7) is 2.72. The molecular formula is C6H8N4. The minimum atomic E-state index is 0.759. The molecule has 0 radical (unpaired) electrons. The Labute approximate surface area is 58.7 Å². The lowest BCUT2D eigenvalue weighted by Crippen LogP contribution is -1.99. The summed E-state index contributed by atoms with van der Waals surface area (Å²) < 4.78 is 0. The molecule has 1 aliphatic rings. The Morgan fingerprint density at radius 1 is 1.40 bits per heavy atom. The van der Waals surface area contributed by atoms with Crippen molar-refractivity contribution in [1.82, 2.24) is 9.97 Å². The topological polar surface area (TPSA) is 49.8 Å². The van der Waals surface area contributed by atoms with Gasteiger partial charge in [-0.2, -0.15) is 0 Å². The van der Waals surface area contributed by atoms with Crippen molar-refractivity contribution in [2.75, 3.05) is 17.3 Å². The molecule has 0 saturated carbocycles. The predicted octanol–water partition coefficient (Wildman–Crippen LogP) is 0.580. The fraction of sp³-hybridized carbons (Fsp3) is 0.333. The van der Waals surface area contributed by atoms with Crippen LogP contribution in [0.15, 0.2) is 6.33 Å². The minimum Gasteiger partial charge on any atom is -0.363 e. The zero-order chi connectivity index (χ0) is 6.97. The molecule has 0 saturated heterocycles. The lowest BCUT2D eigenvalue weighted by atomic mass is 10.4. The number of hydrogen-bond donors (Lipinski definition) is 2. The Kier molecular flexibility index (Phi) is 1.00. The van der Waals surface area contributed by atoms with Crippen LogP contribution < -0.4 is 10.6 Å². The van der Waals surface area contributed by atoms with Crippen LogP contribution in [0.1, 0.15) is 5.69 Å². The Morgan fingerprint density at radius 2 is 2.30 bits per heavy atom. The fourth-order valence-corrected chi connectivity index (χ4v) is 1.04. The maximum absolute atomic E-state index is 4.04. The second-order valence-electron chi connectivity index (χ2n) is 2.21. The number of aromatic nitrogens is 2. The van der Waals surface area contributed by atoms with Gasteiger partial charge >= 0.3 is 0 Å². The maximum atomic E-state index is 4.04. The number of hydrogen-bond acceptors (Lipinski definition) is 4. The highest BCUT2D eigenvalue weighted by Gasteiger charge is 2.11. The van der Waals surface area contributed by atoms with Gasteiger partial charge in [0.2, 0.25) is 0 Å². The van der Waals surface area contributed by atoms with Gasteiger partial charge in [0.1, 0.15) is 12.0 Å². The summed E-state index contributed by atoms with van der Waals surface area (Å²) in [5.74, 6) is 0.910. The first-order valence-electron chi connectivity index (χ1n) is 3.17. The number of rotatable bonds is 0. The second kappa shape index (κ2) is 1.83. The zero-order valence-electron chi connectivity index (χ0n) is 5.68. The Morgan fingerprint density at radius 3 is 3.10 bits per heavy atom. The van der Waals surface area contributed by atoms with Crippen LogP contribution in [-0.2, 0) is 0 Å². The largest absolute Gasteiger partial charge is 0.363 e.